The monoisotopic (exact) mass is 415 g/mol. The highest BCUT2D eigenvalue weighted by Gasteiger charge is 2.32. The maximum Gasteiger partial charge on any atom is 0.423 e. The molecule has 0 aromatic heterocycles. The van der Waals surface area contributed by atoms with Crippen molar-refractivity contribution in [2.75, 3.05) is 11.5 Å². The summed E-state index contributed by atoms with van der Waals surface area (Å²) in [5.74, 6) is 2.16. The van der Waals surface area contributed by atoms with Crippen molar-refractivity contribution in [3.63, 3.8) is 0 Å². The van der Waals surface area contributed by atoms with Crippen LogP contribution in [0.4, 0.5) is 11.4 Å². The molecule has 0 heterocycles. The first-order chi connectivity index (χ1) is 14.6. The molecule has 0 aliphatic rings. The van der Waals surface area contributed by atoms with Crippen LogP contribution in [0.3, 0.4) is 0 Å². The van der Waals surface area contributed by atoms with E-state index in [1.54, 1.807) is 60.7 Å². The van der Waals surface area contributed by atoms with Gasteiger partial charge in [0.1, 0.15) is 11.5 Å². The van der Waals surface area contributed by atoms with Crippen LogP contribution >= 0.6 is 7.80 Å². The van der Waals surface area contributed by atoms with Gasteiger partial charge >= 0.3 is 7.80 Å². The lowest BCUT2D eigenvalue weighted by Crippen LogP contribution is -2.11. The zero-order valence-electron chi connectivity index (χ0n) is 16.1. The summed E-state index contributed by atoms with van der Waals surface area (Å²) in [6.45, 7) is 0. The summed E-state index contributed by atoms with van der Waals surface area (Å²) in [5.41, 5.74) is 12.9. The summed E-state index contributed by atoms with van der Waals surface area (Å²) in [5, 5.41) is 1.14. The molecule has 4 N–H and O–H groups in total. The van der Waals surface area contributed by atoms with Crippen LogP contribution in [0.25, 0.3) is 0 Å². The van der Waals surface area contributed by atoms with Crippen molar-refractivity contribution in [1.82, 2.24) is 0 Å². The van der Waals surface area contributed by atoms with Gasteiger partial charge in [-0.3, -0.25) is 0 Å². The van der Waals surface area contributed by atoms with Gasteiger partial charge in [0.2, 0.25) is 10.6 Å². The van der Waals surface area contributed by atoms with Gasteiger partial charge in [-0.15, -0.1) is 0 Å². The number of nitrogens with two attached hydrogens (primary N) is 2. The first-order valence-corrected chi connectivity index (χ1v) is 10.6. The van der Waals surface area contributed by atoms with E-state index in [2.05, 4.69) is 0 Å². The maximum atomic E-state index is 13.5. The fourth-order valence-corrected chi connectivity index (χ4v) is 4.31. The molecule has 0 atom stereocenters. The molecule has 0 saturated carbocycles. The Morgan fingerprint density at radius 3 is 1.43 bits per heavy atom. The van der Waals surface area contributed by atoms with Gasteiger partial charge in [0.25, 0.3) is 0 Å². The van der Waals surface area contributed by atoms with Gasteiger partial charge in [0.05, 0.1) is 0 Å². The van der Waals surface area contributed by atoms with E-state index in [0.29, 0.717) is 45.0 Å². The molecule has 0 unspecified atom stereocenters. The highest BCUT2D eigenvalue weighted by Crippen LogP contribution is 2.33. The topological polar surface area (TPSA) is 87.6 Å². The van der Waals surface area contributed by atoms with Gasteiger partial charge in [-0.05, 0) is 48.5 Å². The van der Waals surface area contributed by atoms with Crippen molar-refractivity contribution in [2.45, 2.75) is 0 Å². The first kappa shape index (κ1) is 19.5. The van der Waals surface area contributed by atoms with Gasteiger partial charge in [-0.2, -0.15) is 0 Å². The SMILES string of the molecule is Nc1cccc(Oc2ccccc2[P+](=O)c2ccccc2Oc2cccc(N)c2)c1. The van der Waals surface area contributed by atoms with Crippen molar-refractivity contribution < 1.29 is 14.0 Å². The van der Waals surface area contributed by atoms with E-state index in [0.717, 1.165) is 0 Å². The zero-order valence-corrected chi connectivity index (χ0v) is 17.0. The van der Waals surface area contributed by atoms with E-state index in [1.807, 2.05) is 36.4 Å². The number of ether oxygens (including phenoxy) is 2. The molecule has 4 aromatic rings. The molecule has 0 aliphatic carbocycles. The molecule has 0 bridgehead atoms. The Labute approximate surface area is 175 Å². The molecular formula is C24H20N2O3P+. The van der Waals surface area contributed by atoms with E-state index < -0.39 is 7.80 Å². The summed E-state index contributed by atoms with van der Waals surface area (Å²) in [6, 6.07) is 28.7. The maximum absolute atomic E-state index is 13.5. The molecule has 4 aromatic carbocycles. The second-order valence-electron chi connectivity index (χ2n) is 6.58. The van der Waals surface area contributed by atoms with E-state index in [-0.39, 0.29) is 0 Å². The number of hydrogen-bond acceptors (Lipinski definition) is 5. The summed E-state index contributed by atoms with van der Waals surface area (Å²) in [6.07, 6.45) is 0. The van der Waals surface area contributed by atoms with Crippen molar-refractivity contribution in [1.29, 1.82) is 0 Å². The van der Waals surface area contributed by atoms with Crippen molar-refractivity contribution >= 4 is 29.8 Å². The lowest BCUT2D eigenvalue weighted by Gasteiger charge is -2.08. The number of hydrogen-bond donors (Lipinski definition) is 2. The minimum absolute atomic E-state index is 0.503. The third-order valence-corrected chi connectivity index (χ3v) is 5.95. The van der Waals surface area contributed by atoms with E-state index in [1.165, 1.54) is 0 Å². The van der Waals surface area contributed by atoms with Crippen LogP contribution in [-0.4, -0.2) is 0 Å². The normalized spacial score (nSPS) is 10.4. The Balaban J connectivity index is 1.67. The van der Waals surface area contributed by atoms with E-state index in [4.69, 9.17) is 20.9 Å². The molecule has 4 rings (SSSR count). The second-order valence-corrected chi connectivity index (χ2v) is 8.13. The van der Waals surface area contributed by atoms with Crippen LogP contribution in [0.1, 0.15) is 0 Å². The van der Waals surface area contributed by atoms with Crippen LogP contribution in [-0.2, 0) is 4.57 Å². The minimum atomic E-state index is -1.98. The largest absolute Gasteiger partial charge is 0.452 e. The molecule has 0 aliphatic heterocycles. The molecule has 30 heavy (non-hydrogen) atoms. The molecule has 5 nitrogen and oxygen atoms in total. The number of nitrogen functional groups attached to an aromatic ring is 2. The minimum Gasteiger partial charge on any atom is -0.452 e. The van der Waals surface area contributed by atoms with E-state index >= 15 is 0 Å². The molecule has 0 radical (unpaired) electrons. The molecule has 6 heteroatoms. The van der Waals surface area contributed by atoms with E-state index in [9.17, 15) is 4.57 Å². The van der Waals surface area contributed by atoms with Crippen LogP contribution < -0.4 is 31.6 Å². The fraction of sp³-hybridized carbons (Fsp3) is 0. The average Bonchev–Trinajstić information content (AvgIpc) is 2.74. The Hall–Kier alpha value is -3.82. The number of para-hydroxylation sites is 2. The Morgan fingerprint density at radius 2 is 1.00 bits per heavy atom. The van der Waals surface area contributed by atoms with Crippen LogP contribution in [0.5, 0.6) is 23.0 Å². The predicted molar refractivity (Wildman–Crippen MR) is 122 cm³/mol. The number of anilines is 2. The van der Waals surface area contributed by atoms with Gasteiger partial charge in [-0.25, -0.2) is 0 Å². The van der Waals surface area contributed by atoms with Gasteiger partial charge in [0.15, 0.2) is 11.5 Å². The van der Waals surface area contributed by atoms with Crippen molar-refractivity contribution in [3.05, 3.63) is 97.1 Å². The van der Waals surface area contributed by atoms with Crippen molar-refractivity contribution in [3.8, 4) is 23.0 Å². The number of rotatable bonds is 6. The highest BCUT2D eigenvalue weighted by atomic mass is 31.1. The summed E-state index contributed by atoms with van der Waals surface area (Å²) in [4.78, 5) is 0. The Morgan fingerprint density at radius 1 is 0.567 bits per heavy atom. The fourth-order valence-electron chi connectivity index (χ4n) is 2.96. The standard InChI is InChI=1S/C24H20N2O3P/c25-17-7-5-9-19(15-17)28-21-11-1-3-13-23(21)30(27)24-14-4-2-12-22(24)29-20-10-6-8-18(26)16-20/h1-16H,25-26H2/q+1. The third kappa shape index (κ3) is 4.43. The lowest BCUT2D eigenvalue weighted by molar-refractivity contribution is 0.485. The zero-order chi connectivity index (χ0) is 20.9. The van der Waals surface area contributed by atoms with Crippen LogP contribution in [0.2, 0.25) is 0 Å². The predicted octanol–water partition coefficient (Wildman–Crippen LogP) is 5.21. The quantitative estimate of drug-likeness (QED) is 0.333. The molecular weight excluding hydrogens is 395 g/mol. The lowest BCUT2D eigenvalue weighted by atomic mass is 10.3. The van der Waals surface area contributed by atoms with Gasteiger partial charge in [-0.1, -0.05) is 41.0 Å². The third-order valence-electron chi connectivity index (χ3n) is 4.34. The smallest absolute Gasteiger partial charge is 0.423 e. The summed E-state index contributed by atoms with van der Waals surface area (Å²) < 4.78 is 25.5. The molecule has 0 fully saturated rings. The first-order valence-electron chi connectivity index (χ1n) is 9.32. The Kier molecular flexibility index (Phi) is 5.64. The van der Waals surface area contributed by atoms with Gasteiger partial charge in [0, 0.05) is 23.5 Å². The molecule has 148 valence electrons. The average molecular weight is 415 g/mol. The second kappa shape index (κ2) is 8.68. The highest BCUT2D eigenvalue weighted by molar-refractivity contribution is 7.62. The number of benzene rings is 4. The summed E-state index contributed by atoms with van der Waals surface area (Å²) in [7, 11) is -1.98. The summed E-state index contributed by atoms with van der Waals surface area (Å²) >= 11 is 0. The van der Waals surface area contributed by atoms with Gasteiger partial charge < -0.3 is 20.9 Å². The van der Waals surface area contributed by atoms with Crippen LogP contribution in [0, 0.1) is 0 Å². The van der Waals surface area contributed by atoms with Crippen molar-refractivity contribution in [2.24, 2.45) is 0 Å². The Bertz CT molecular complexity index is 1120. The molecule has 0 saturated heterocycles. The molecule has 0 amide bonds. The molecule has 0 spiro atoms. The van der Waals surface area contributed by atoms with Crippen LogP contribution in [0.15, 0.2) is 97.1 Å².